The lowest BCUT2D eigenvalue weighted by atomic mass is 10.0. The van der Waals surface area contributed by atoms with Gasteiger partial charge in [-0.15, -0.1) is 0 Å². The molecule has 1 aliphatic heterocycles. The van der Waals surface area contributed by atoms with Gasteiger partial charge in [0.1, 0.15) is 0 Å². The van der Waals surface area contributed by atoms with Crippen molar-refractivity contribution in [3.8, 4) is 0 Å². The van der Waals surface area contributed by atoms with E-state index in [1.807, 2.05) is 0 Å². The molecule has 1 amide bonds. The van der Waals surface area contributed by atoms with E-state index in [2.05, 4.69) is 5.32 Å². The van der Waals surface area contributed by atoms with Crippen LogP contribution in [0.3, 0.4) is 0 Å². The highest BCUT2D eigenvalue weighted by Gasteiger charge is 2.52. The molecule has 90 valence electrons. The molecule has 0 spiro atoms. The summed E-state index contributed by atoms with van der Waals surface area (Å²) >= 11 is 4.93. The fourth-order valence-electron chi connectivity index (χ4n) is 2.08. The molecule has 0 aromatic rings. The average Bonchev–Trinajstić information content (AvgIpc) is 3.08. The lowest BCUT2D eigenvalue weighted by Gasteiger charge is -2.23. The van der Waals surface area contributed by atoms with Crippen molar-refractivity contribution in [2.75, 3.05) is 19.8 Å². The largest absolute Gasteiger partial charge is 0.392 e. The summed E-state index contributed by atoms with van der Waals surface area (Å²) in [5, 5.41) is 2.95. The third-order valence-electron chi connectivity index (χ3n) is 3.46. The van der Waals surface area contributed by atoms with Crippen LogP contribution in [0.5, 0.6) is 0 Å². The van der Waals surface area contributed by atoms with Gasteiger partial charge in [0.2, 0.25) is 5.91 Å². The molecule has 3 N–H and O–H groups in total. The lowest BCUT2D eigenvalue weighted by molar-refractivity contribution is -0.124. The van der Waals surface area contributed by atoms with Crippen LogP contribution in [0.1, 0.15) is 25.7 Å². The van der Waals surface area contributed by atoms with Gasteiger partial charge in [0.25, 0.3) is 0 Å². The Kier molecular flexibility index (Phi) is 3.44. The van der Waals surface area contributed by atoms with Crippen LogP contribution in [0.2, 0.25) is 0 Å². The summed E-state index contributed by atoms with van der Waals surface area (Å²) in [4.78, 5) is 12.2. The molecule has 1 aliphatic carbocycles. The highest BCUT2D eigenvalue weighted by Crippen LogP contribution is 2.46. The molecular formula is C11H18N2O2S. The maximum Gasteiger partial charge on any atom is 0.233 e. The van der Waals surface area contributed by atoms with E-state index in [0.29, 0.717) is 17.5 Å². The Morgan fingerprint density at radius 2 is 2.31 bits per heavy atom. The van der Waals surface area contributed by atoms with Gasteiger partial charge in [0, 0.05) is 13.2 Å². The number of rotatable bonds is 4. The van der Waals surface area contributed by atoms with Crippen molar-refractivity contribution in [3.63, 3.8) is 0 Å². The van der Waals surface area contributed by atoms with Crippen LogP contribution in [-0.2, 0) is 9.53 Å². The second kappa shape index (κ2) is 4.67. The Bertz CT molecular complexity index is 296. The molecule has 0 radical (unpaired) electrons. The van der Waals surface area contributed by atoms with Gasteiger partial charge in [0.05, 0.1) is 17.0 Å². The predicted octanol–water partition coefficient (Wildman–Crippen LogP) is 0.595. The van der Waals surface area contributed by atoms with E-state index >= 15 is 0 Å². The van der Waals surface area contributed by atoms with E-state index in [9.17, 15) is 4.79 Å². The molecule has 2 aliphatic rings. The highest BCUT2D eigenvalue weighted by molar-refractivity contribution is 7.80. The molecule has 16 heavy (non-hydrogen) atoms. The standard InChI is InChI=1S/C11H18N2O2S/c12-9(16)11(3-4-11)10(14)13-6-8-2-1-5-15-7-8/h8H,1-7H2,(H2,12,16)(H,13,14). The first-order valence-electron chi connectivity index (χ1n) is 5.81. The maximum atomic E-state index is 11.9. The number of thiocarbonyl (C=S) groups is 1. The van der Waals surface area contributed by atoms with Crippen molar-refractivity contribution in [2.24, 2.45) is 17.1 Å². The highest BCUT2D eigenvalue weighted by atomic mass is 32.1. The van der Waals surface area contributed by atoms with Crippen molar-refractivity contribution in [3.05, 3.63) is 0 Å². The van der Waals surface area contributed by atoms with Crippen molar-refractivity contribution < 1.29 is 9.53 Å². The minimum absolute atomic E-state index is 0.00516. The maximum absolute atomic E-state index is 11.9. The second-order valence-electron chi connectivity index (χ2n) is 4.74. The number of amides is 1. The molecule has 1 unspecified atom stereocenters. The summed E-state index contributed by atoms with van der Waals surface area (Å²) in [5.74, 6) is 0.449. The zero-order chi connectivity index (χ0) is 11.6. The monoisotopic (exact) mass is 242 g/mol. The van der Waals surface area contributed by atoms with Gasteiger partial charge in [0.15, 0.2) is 0 Å². The summed E-state index contributed by atoms with van der Waals surface area (Å²) in [7, 11) is 0. The zero-order valence-electron chi connectivity index (χ0n) is 9.33. The van der Waals surface area contributed by atoms with Crippen LogP contribution in [0.15, 0.2) is 0 Å². The van der Waals surface area contributed by atoms with E-state index < -0.39 is 5.41 Å². The first kappa shape index (κ1) is 11.8. The second-order valence-corrected chi connectivity index (χ2v) is 5.18. The molecule has 1 heterocycles. The molecule has 2 fully saturated rings. The fourth-order valence-corrected chi connectivity index (χ4v) is 2.38. The smallest absolute Gasteiger partial charge is 0.233 e. The number of ether oxygens (including phenoxy) is 1. The molecule has 4 nitrogen and oxygen atoms in total. The summed E-state index contributed by atoms with van der Waals surface area (Å²) in [6.45, 7) is 2.28. The van der Waals surface area contributed by atoms with Gasteiger partial charge in [-0.1, -0.05) is 12.2 Å². The van der Waals surface area contributed by atoms with Gasteiger partial charge in [-0.25, -0.2) is 0 Å². The summed E-state index contributed by atoms with van der Waals surface area (Å²) in [5.41, 5.74) is 5.07. The van der Waals surface area contributed by atoms with Crippen LogP contribution < -0.4 is 11.1 Å². The van der Waals surface area contributed by atoms with E-state index in [1.165, 1.54) is 0 Å². The normalized spacial score (nSPS) is 27.1. The topological polar surface area (TPSA) is 64.4 Å². The van der Waals surface area contributed by atoms with Crippen molar-refractivity contribution >= 4 is 23.1 Å². The molecule has 5 heteroatoms. The van der Waals surface area contributed by atoms with Crippen LogP contribution >= 0.6 is 12.2 Å². The van der Waals surface area contributed by atoms with Crippen molar-refractivity contribution in [1.82, 2.24) is 5.32 Å². The fraction of sp³-hybridized carbons (Fsp3) is 0.818. The minimum Gasteiger partial charge on any atom is -0.392 e. The van der Waals surface area contributed by atoms with Gasteiger partial charge in [-0.3, -0.25) is 4.79 Å². The predicted molar refractivity (Wildman–Crippen MR) is 65.0 cm³/mol. The number of carbonyl (C=O) groups is 1. The van der Waals surface area contributed by atoms with Crippen LogP contribution in [0, 0.1) is 11.3 Å². The van der Waals surface area contributed by atoms with Gasteiger partial charge in [-0.05, 0) is 31.6 Å². The summed E-state index contributed by atoms with van der Waals surface area (Å²) in [6.07, 6.45) is 3.81. The third kappa shape index (κ3) is 2.35. The van der Waals surface area contributed by atoms with Gasteiger partial charge in [-0.2, -0.15) is 0 Å². The van der Waals surface area contributed by atoms with E-state index in [-0.39, 0.29) is 5.91 Å². The lowest BCUT2D eigenvalue weighted by Crippen LogP contribution is -2.42. The number of hydrogen-bond acceptors (Lipinski definition) is 3. The first-order chi connectivity index (χ1) is 7.65. The van der Waals surface area contributed by atoms with Crippen molar-refractivity contribution in [1.29, 1.82) is 0 Å². The molecule has 1 saturated carbocycles. The summed E-state index contributed by atoms with van der Waals surface area (Å²) < 4.78 is 5.36. The van der Waals surface area contributed by atoms with Crippen LogP contribution in [0.4, 0.5) is 0 Å². The molecule has 0 aromatic carbocycles. The number of carbonyl (C=O) groups excluding carboxylic acids is 1. The SMILES string of the molecule is NC(=S)C1(C(=O)NCC2CCCOC2)CC1. The summed E-state index contributed by atoms with van der Waals surface area (Å²) in [6, 6.07) is 0. The van der Waals surface area contributed by atoms with E-state index in [1.54, 1.807) is 0 Å². The Hall–Kier alpha value is -0.680. The third-order valence-corrected chi connectivity index (χ3v) is 3.85. The number of nitrogens with one attached hydrogen (secondary N) is 1. The molecule has 0 aromatic heterocycles. The van der Waals surface area contributed by atoms with Crippen LogP contribution in [0.25, 0.3) is 0 Å². The first-order valence-corrected chi connectivity index (χ1v) is 6.22. The minimum atomic E-state index is -0.523. The molecular weight excluding hydrogens is 224 g/mol. The Morgan fingerprint density at radius 1 is 1.56 bits per heavy atom. The number of hydrogen-bond donors (Lipinski definition) is 2. The van der Waals surface area contributed by atoms with E-state index in [4.69, 9.17) is 22.7 Å². The Labute approximate surface area is 101 Å². The molecule has 2 rings (SSSR count). The average molecular weight is 242 g/mol. The molecule has 1 atom stereocenters. The zero-order valence-corrected chi connectivity index (χ0v) is 10.1. The van der Waals surface area contributed by atoms with Crippen LogP contribution in [-0.4, -0.2) is 30.7 Å². The quantitative estimate of drug-likeness (QED) is 0.708. The molecule has 0 bridgehead atoms. The van der Waals surface area contributed by atoms with Gasteiger partial charge >= 0.3 is 0 Å². The van der Waals surface area contributed by atoms with E-state index in [0.717, 1.165) is 38.9 Å². The van der Waals surface area contributed by atoms with Gasteiger partial charge < -0.3 is 15.8 Å². The number of nitrogens with two attached hydrogens (primary N) is 1. The van der Waals surface area contributed by atoms with Crippen molar-refractivity contribution in [2.45, 2.75) is 25.7 Å². The Balaban J connectivity index is 1.77. The Morgan fingerprint density at radius 3 is 2.81 bits per heavy atom. The molecule has 1 saturated heterocycles.